The summed E-state index contributed by atoms with van der Waals surface area (Å²) in [6.07, 6.45) is 0.331. The highest BCUT2D eigenvalue weighted by molar-refractivity contribution is 5.73. The molecule has 2 rings (SSSR count). The van der Waals surface area contributed by atoms with E-state index < -0.39 is 12.0 Å². The quantitative estimate of drug-likeness (QED) is 0.885. The van der Waals surface area contributed by atoms with Crippen LogP contribution in [0, 0.1) is 6.92 Å². The predicted molar refractivity (Wildman–Crippen MR) is 82.5 cm³/mol. The van der Waals surface area contributed by atoms with Crippen LogP contribution in [0.15, 0.2) is 42.5 Å². The summed E-state index contributed by atoms with van der Waals surface area (Å²) < 4.78 is 5.20. The third kappa shape index (κ3) is 3.61. The highest BCUT2D eigenvalue weighted by Crippen LogP contribution is 2.27. The zero-order valence-corrected chi connectivity index (χ0v) is 12.2. The van der Waals surface area contributed by atoms with Gasteiger partial charge in [-0.3, -0.25) is 4.79 Å². The fourth-order valence-corrected chi connectivity index (χ4v) is 2.25. The first kappa shape index (κ1) is 15.1. The standard InChI is InChI=1S/C17H19NO3/c1-11-9-14(21-2)7-8-15(11)13-5-3-12(4-6-13)10-16(18)17(19)20/h3-9,16H,10,18H2,1-2H3,(H,19,20)/t16-/m0/s1. The molecule has 3 N–H and O–H groups in total. The molecule has 0 aliphatic heterocycles. The lowest BCUT2D eigenvalue weighted by atomic mass is 9.98. The second kappa shape index (κ2) is 6.41. The maximum atomic E-state index is 10.8. The summed E-state index contributed by atoms with van der Waals surface area (Å²) in [7, 11) is 1.65. The number of aryl methyl sites for hydroxylation is 1. The van der Waals surface area contributed by atoms with Gasteiger partial charge in [-0.1, -0.05) is 30.3 Å². The van der Waals surface area contributed by atoms with Crippen LogP contribution in [0.4, 0.5) is 0 Å². The molecule has 1 atom stereocenters. The minimum atomic E-state index is -0.981. The maximum absolute atomic E-state index is 10.8. The van der Waals surface area contributed by atoms with Gasteiger partial charge in [-0.2, -0.15) is 0 Å². The number of methoxy groups -OCH3 is 1. The van der Waals surface area contributed by atoms with E-state index in [2.05, 4.69) is 0 Å². The van der Waals surface area contributed by atoms with Crippen molar-refractivity contribution in [1.82, 2.24) is 0 Å². The molecule has 0 aliphatic carbocycles. The van der Waals surface area contributed by atoms with Crippen LogP contribution in [-0.4, -0.2) is 24.2 Å². The van der Waals surface area contributed by atoms with Gasteiger partial charge in [0.05, 0.1) is 7.11 Å². The third-order valence-electron chi connectivity index (χ3n) is 3.47. The monoisotopic (exact) mass is 285 g/mol. The summed E-state index contributed by atoms with van der Waals surface area (Å²) in [6, 6.07) is 12.9. The van der Waals surface area contributed by atoms with Crippen LogP contribution >= 0.6 is 0 Å². The van der Waals surface area contributed by atoms with Crippen molar-refractivity contribution in [1.29, 1.82) is 0 Å². The van der Waals surface area contributed by atoms with E-state index in [0.29, 0.717) is 6.42 Å². The molecule has 0 saturated carbocycles. The third-order valence-corrected chi connectivity index (χ3v) is 3.47. The molecule has 0 bridgehead atoms. The molecule has 0 radical (unpaired) electrons. The van der Waals surface area contributed by atoms with Gasteiger partial charge in [-0.15, -0.1) is 0 Å². The second-order valence-electron chi connectivity index (χ2n) is 5.03. The van der Waals surface area contributed by atoms with E-state index in [-0.39, 0.29) is 0 Å². The predicted octanol–water partition coefficient (Wildman–Crippen LogP) is 2.63. The highest BCUT2D eigenvalue weighted by Gasteiger charge is 2.12. The number of rotatable bonds is 5. The van der Waals surface area contributed by atoms with Gasteiger partial charge in [0.15, 0.2) is 0 Å². The summed E-state index contributed by atoms with van der Waals surface area (Å²) in [5, 5.41) is 8.82. The van der Waals surface area contributed by atoms with Crippen molar-refractivity contribution in [2.24, 2.45) is 5.73 Å². The Morgan fingerprint density at radius 3 is 2.43 bits per heavy atom. The van der Waals surface area contributed by atoms with Crippen molar-refractivity contribution in [3.05, 3.63) is 53.6 Å². The van der Waals surface area contributed by atoms with Crippen LogP contribution in [0.3, 0.4) is 0 Å². The molecular formula is C17H19NO3. The summed E-state index contributed by atoms with van der Waals surface area (Å²) >= 11 is 0. The Balaban J connectivity index is 2.21. The van der Waals surface area contributed by atoms with Crippen molar-refractivity contribution in [3.8, 4) is 16.9 Å². The van der Waals surface area contributed by atoms with Crippen LogP contribution in [0.25, 0.3) is 11.1 Å². The van der Waals surface area contributed by atoms with Gasteiger partial charge in [-0.05, 0) is 47.7 Å². The van der Waals surface area contributed by atoms with Gasteiger partial charge in [0.25, 0.3) is 0 Å². The Kier molecular flexibility index (Phi) is 4.60. The first-order chi connectivity index (χ1) is 10.0. The van der Waals surface area contributed by atoms with Gasteiger partial charge >= 0.3 is 5.97 Å². The Morgan fingerprint density at radius 2 is 1.90 bits per heavy atom. The minimum Gasteiger partial charge on any atom is -0.497 e. The first-order valence-electron chi connectivity index (χ1n) is 6.73. The van der Waals surface area contributed by atoms with E-state index in [4.69, 9.17) is 15.6 Å². The Morgan fingerprint density at radius 1 is 1.24 bits per heavy atom. The van der Waals surface area contributed by atoms with E-state index in [1.165, 1.54) is 0 Å². The lowest BCUT2D eigenvalue weighted by Crippen LogP contribution is -2.32. The lowest BCUT2D eigenvalue weighted by Gasteiger charge is -2.10. The number of carboxylic acids is 1. The van der Waals surface area contributed by atoms with Crippen molar-refractivity contribution in [3.63, 3.8) is 0 Å². The maximum Gasteiger partial charge on any atom is 0.320 e. The van der Waals surface area contributed by atoms with Crippen molar-refractivity contribution in [2.45, 2.75) is 19.4 Å². The number of benzene rings is 2. The minimum absolute atomic E-state index is 0.331. The average molecular weight is 285 g/mol. The van der Waals surface area contributed by atoms with Crippen LogP contribution in [0.1, 0.15) is 11.1 Å². The first-order valence-corrected chi connectivity index (χ1v) is 6.73. The number of ether oxygens (including phenoxy) is 1. The molecular weight excluding hydrogens is 266 g/mol. The number of carboxylic acid groups (broad SMARTS) is 1. The SMILES string of the molecule is COc1ccc(-c2ccc(C[C@H](N)C(=O)O)cc2)c(C)c1. The van der Waals surface area contributed by atoms with Crippen molar-refractivity contribution < 1.29 is 14.6 Å². The largest absolute Gasteiger partial charge is 0.497 e. The molecule has 0 aromatic heterocycles. The molecule has 0 spiro atoms. The molecule has 21 heavy (non-hydrogen) atoms. The molecule has 2 aromatic carbocycles. The topological polar surface area (TPSA) is 72.5 Å². The fraction of sp³-hybridized carbons (Fsp3) is 0.235. The second-order valence-corrected chi connectivity index (χ2v) is 5.03. The summed E-state index contributed by atoms with van der Waals surface area (Å²) in [6.45, 7) is 2.03. The van der Waals surface area contributed by atoms with Crippen LogP contribution in [0.2, 0.25) is 0 Å². The highest BCUT2D eigenvalue weighted by atomic mass is 16.5. The molecule has 0 amide bonds. The van der Waals surface area contributed by atoms with Crippen molar-refractivity contribution >= 4 is 5.97 Å². The van der Waals surface area contributed by atoms with E-state index in [0.717, 1.165) is 28.0 Å². The number of hydrogen-bond acceptors (Lipinski definition) is 3. The number of hydrogen-bond donors (Lipinski definition) is 2. The molecule has 110 valence electrons. The Labute approximate surface area is 124 Å². The van der Waals surface area contributed by atoms with Gasteiger partial charge in [0.1, 0.15) is 11.8 Å². The van der Waals surface area contributed by atoms with E-state index in [9.17, 15) is 4.79 Å². The molecule has 0 saturated heterocycles. The Hall–Kier alpha value is -2.33. The van der Waals surface area contributed by atoms with Gasteiger partial charge in [0, 0.05) is 0 Å². The average Bonchev–Trinajstić information content (AvgIpc) is 2.48. The van der Waals surface area contributed by atoms with E-state index >= 15 is 0 Å². The fourth-order valence-electron chi connectivity index (χ4n) is 2.25. The molecule has 0 heterocycles. The van der Waals surface area contributed by atoms with E-state index in [1.54, 1.807) is 7.11 Å². The molecule has 4 heteroatoms. The summed E-state index contributed by atoms with van der Waals surface area (Å²) in [5.41, 5.74) is 9.80. The number of aliphatic carboxylic acids is 1. The summed E-state index contributed by atoms with van der Waals surface area (Å²) in [4.78, 5) is 10.8. The number of nitrogens with two attached hydrogens (primary N) is 1. The summed E-state index contributed by atoms with van der Waals surface area (Å²) in [5.74, 6) is -0.148. The lowest BCUT2D eigenvalue weighted by molar-refractivity contribution is -0.138. The van der Waals surface area contributed by atoms with E-state index in [1.807, 2.05) is 49.4 Å². The molecule has 2 aromatic rings. The Bertz CT molecular complexity index is 635. The zero-order valence-electron chi connectivity index (χ0n) is 12.2. The normalized spacial score (nSPS) is 12.0. The van der Waals surface area contributed by atoms with Gasteiger partial charge in [-0.25, -0.2) is 0 Å². The van der Waals surface area contributed by atoms with Crippen LogP contribution < -0.4 is 10.5 Å². The molecule has 0 aliphatic rings. The van der Waals surface area contributed by atoms with Crippen LogP contribution in [0.5, 0.6) is 5.75 Å². The van der Waals surface area contributed by atoms with Gasteiger partial charge < -0.3 is 15.6 Å². The molecule has 0 unspecified atom stereocenters. The molecule has 0 fully saturated rings. The number of carbonyl (C=O) groups is 1. The molecule has 4 nitrogen and oxygen atoms in total. The van der Waals surface area contributed by atoms with Crippen molar-refractivity contribution in [2.75, 3.05) is 7.11 Å². The smallest absolute Gasteiger partial charge is 0.320 e. The zero-order chi connectivity index (χ0) is 15.4. The van der Waals surface area contributed by atoms with Crippen LogP contribution in [-0.2, 0) is 11.2 Å². The van der Waals surface area contributed by atoms with Gasteiger partial charge in [0.2, 0.25) is 0 Å².